The molecule has 0 aromatic heterocycles. The number of carbonyl (C=O) groups excluding carboxylic acids is 1. The zero-order chi connectivity index (χ0) is 19.1. The van der Waals surface area contributed by atoms with Crippen molar-refractivity contribution in [1.29, 1.82) is 0 Å². The van der Waals surface area contributed by atoms with Gasteiger partial charge in [0.15, 0.2) is 5.84 Å². The molecule has 4 heteroatoms. The summed E-state index contributed by atoms with van der Waals surface area (Å²) in [5.41, 5.74) is 0. The summed E-state index contributed by atoms with van der Waals surface area (Å²) in [4.78, 5) is 15.9. The number of likely N-dealkylation sites (N-methyl/N-ethyl adjacent to an activating group) is 1. The third kappa shape index (κ3) is 8.98. The molecule has 0 aromatic rings. The predicted octanol–water partition coefficient (Wildman–Crippen LogP) is 4.85. The monoisotopic (exact) mass is 364 g/mol. The van der Waals surface area contributed by atoms with E-state index < -0.39 is 0 Å². The normalized spacial score (nSPS) is 19.4. The van der Waals surface area contributed by atoms with Crippen molar-refractivity contribution in [2.75, 3.05) is 32.7 Å². The second-order valence-corrected chi connectivity index (χ2v) is 7.70. The Labute approximate surface area is 161 Å². The van der Waals surface area contributed by atoms with Crippen LogP contribution < -0.4 is 5.32 Å². The van der Waals surface area contributed by atoms with Gasteiger partial charge in [0.25, 0.3) is 0 Å². The Hall–Kier alpha value is -1.16. The number of hydrogen-bond donors (Lipinski definition) is 1. The Morgan fingerprint density at radius 3 is 2.31 bits per heavy atom. The largest absolute Gasteiger partial charge is 0.351 e. The number of aliphatic imine (C=N–C) groups is 1. The molecule has 0 spiro atoms. The molecule has 1 aliphatic rings. The van der Waals surface area contributed by atoms with Gasteiger partial charge in [0.1, 0.15) is 13.1 Å². The van der Waals surface area contributed by atoms with Crippen molar-refractivity contribution in [3.8, 4) is 0 Å². The molecule has 0 bridgehead atoms. The minimum Gasteiger partial charge on any atom is -0.351 e. The van der Waals surface area contributed by atoms with Gasteiger partial charge in [-0.2, -0.15) is 0 Å². The zero-order valence-corrected chi connectivity index (χ0v) is 17.4. The van der Waals surface area contributed by atoms with Crippen LogP contribution in [-0.2, 0) is 4.79 Å². The molecule has 1 atom stereocenters. The highest BCUT2D eigenvalue weighted by Gasteiger charge is 2.35. The van der Waals surface area contributed by atoms with Crippen molar-refractivity contribution in [3.63, 3.8) is 0 Å². The van der Waals surface area contributed by atoms with E-state index in [1.807, 2.05) is 6.08 Å². The maximum absolute atomic E-state index is 11.1. The van der Waals surface area contributed by atoms with Crippen LogP contribution >= 0.6 is 0 Å². The van der Waals surface area contributed by atoms with Gasteiger partial charge in [-0.15, -0.1) is 6.58 Å². The fraction of sp³-hybridized carbons (Fsp3) is 0.818. The summed E-state index contributed by atoms with van der Waals surface area (Å²) in [5.74, 6) is 1.44. The first kappa shape index (κ1) is 22.9. The van der Waals surface area contributed by atoms with Gasteiger partial charge in [0, 0.05) is 13.3 Å². The highest BCUT2D eigenvalue weighted by molar-refractivity contribution is 5.77. The quantitative estimate of drug-likeness (QED) is 0.237. The molecule has 1 unspecified atom stereocenters. The Morgan fingerprint density at radius 1 is 1.12 bits per heavy atom. The third-order valence-corrected chi connectivity index (χ3v) is 5.70. The van der Waals surface area contributed by atoms with Crippen LogP contribution in [0.2, 0.25) is 0 Å². The summed E-state index contributed by atoms with van der Waals surface area (Å²) in [5, 5.41) is 2.95. The van der Waals surface area contributed by atoms with Crippen LogP contribution in [0.15, 0.2) is 17.6 Å². The molecule has 0 aliphatic carbocycles. The van der Waals surface area contributed by atoms with E-state index in [2.05, 4.69) is 18.8 Å². The highest BCUT2D eigenvalue weighted by atomic mass is 16.1. The van der Waals surface area contributed by atoms with Crippen LogP contribution in [0.25, 0.3) is 0 Å². The number of hydrogen-bond acceptors (Lipinski definition) is 2. The van der Waals surface area contributed by atoms with Crippen LogP contribution in [0.4, 0.5) is 0 Å². The number of amides is 1. The van der Waals surface area contributed by atoms with Gasteiger partial charge in [0.2, 0.25) is 5.91 Å². The van der Waals surface area contributed by atoms with Gasteiger partial charge in [0.05, 0.1) is 19.6 Å². The number of nitrogens with zero attached hydrogens (tertiary/aromatic N) is 2. The third-order valence-electron chi connectivity index (χ3n) is 5.70. The van der Waals surface area contributed by atoms with E-state index in [1.54, 1.807) is 6.92 Å². The molecule has 0 fully saturated rings. The van der Waals surface area contributed by atoms with Crippen molar-refractivity contribution < 1.29 is 9.28 Å². The summed E-state index contributed by atoms with van der Waals surface area (Å²) in [6, 6.07) is 0. The molecule has 4 nitrogen and oxygen atoms in total. The smallest absolute Gasteiger partial charge is 0.217 e. The molecule has 26 heavy (non-hydrogen) atoms. The lowest BCUT2D eigenvalue weighted by atomic mass is 10.1. The van der Waals surface area contributed by atoms with E-state index in [9.17, 15) is 4.79 Å². The molecule has 1 N–H and O–H groups in total. The standard InChI is InChI=1S/C22H41N3O/c1-4-6-7-8-9-10-11-12-13-14-15-16-22-24-18-20-25(22,5-2)19-17-23-21(3)26/h4H,1,5-20H2,2-3H3/p+1. The first-order valence-electron chi connectivity index (χ1n) is 10.9. The average molecular weight is 365 g/mol. The minimum absolute atomic E-state index is 0.0673. The second-order valence-electron chi connectivity index (χ2n) is 7.70. The molecular weight excluding hydrogens is 322 g/mol. The van der Waals surface area contributed by atoms with Crippen LogP contribution in [0, 0.1) is 0 Å². The fourth-order valence-electron chi connectivity index (χ4n) is 3.96. The summed E-state index contributed by atoms with van der Waals surface area (Å²) < 4.78 is 0.991. The van der Waals surface area contributed by atoms with E-state index in [-0.39, 0.29) is 5.91 Å². The van der Waals surface area contributed by atoms with Crippen molar-refractivity contribution in [1.82, 2.24) is 5.32 Å². The van der Waals surface area contributed by atoms with Crippen molar-refractivity contribution in [2.24, 2.45) is 4.99 Å². The Kier molecular flexibility index (Phi) is 12.3. The van der Waals surface area contributed by atoms with E-state index in [1.165, 1.54) is 70.0 Å². The Balaban J connectivity index is 2.11. The van der Waals surface area contributed by atoms with Gasteiger partial charge >= 0.3 is 0 Å². The van der Waals surface area contributed by atoms with Crippen LogP contribution in [0.1, 0.15) is 84.5 Å². The van der Waals surface area contributed by atoms with E-state index in [4.69, 9.17) is 4.99 Å². The average Bonchev–Trinajstić information content (AvgIpc) is 3.02. The lowest BCUT2D eigenvalue weighted by Gasteiger charge is -2.33. The minimum atomic E-state index is 0.0673. The molecule has 0 saturated heterocycles. The Bertz CT molecular complexity index is 433. The molecule has 1 aliphatic heterocycles. The van der Waals surface area contributed by atoms with Gasteiger partial charge in [-0.1, -0.05) is 51.0 Å². The molecule has 1 heterocycles. The number of rotatable bonds is 16. The lowest BCUT2D eigenvalue weighted by Crippen LogP contribution is -2.54. The molecular formula is C22H42N3O+. The number of allylic oxidation sites excluding steroid dienone is 1. The number of unbranched alkanes of at least 4 members (excludes halogenated alkanes) is 9. The number of quaternary nitrogens is 1. The summed E-state index contributed by atoms with van der Waals surface area (Å²) >= 11 is 0. The summed E-state index contributed by atoms with van der Waals surface area (Å²) in [7, 11) is 0. The second kappa shape index (κ2) is 14.0. The van der Waals surface area contributed by atoms with Crippen molar-refractivity contribution >= 4 is 11.7 Å². The predicted molar refractivity (Wildman–Crippen MR) is 113 cm³/mol. The van der Waals surface area contributed by atoms with Gasteiger partial charge in [-0.05, 0) is 26.2 Å². The first-order chi connectivity index (χ1) is 12.6. The maximum atomic E-state index is 11.1. The number of carbonyl (C=O) groups is 1. The SMILES string of the molecule is C=CCCCCCCCCCCCC1=NCC[N+]1(CC)CCNC(C)=O. The first-order valence-corrected chi connectivity index (χ1v) is 10.9. The van der Waals surface area contributed by atoms with Crippen LogP contribution in [-0.4, -0.2) is 48.9 Å². The zero-order valence-electron chi connectivity index (χ0n) is 17.4. The van der Waals surface area contributed by atoms with Gasteiger partial charge in [-0.3, -0.25) is 9.28 Å². The number of nitrogens with one attached hydrogen (secondary N) is 1. The van der Waals surface area contributed by atoms with Crippen molar-refractivity contribution in [2.45, 2.75) is 84.5 Å². The molecule has 1 amide bonds. The van der Waals surface area contributed by atoms with Gasteiger partial charge < -0.3 is 5.32 Å². The summed E-state index contributed by atoms with van der Waals surface area (Å²) in [6.45, 7) is 12.5. The Morgan fingerprint density at radius 2 is 1.73 bits per heavy atom. The molecule has 0 aromatic carbocycles. The van der Waals surface area contributed by atoms with Crippen molar-refractivity contribution in [3.05, 3.63) is 12.7 Å². The summed E-state index contributed by atoms with van der Waals surface area (Å²) in [6.07, 6.45) is 16.5. The molecule has 150 valence electrons. The van der Waals surface area contributed by atoms with Gasteiger partial charge in [-0.25, -0.2) is 4.99 Å². The van der Waals surface area contributed by atoms with Crippen LogP contribution in [0.3, 0.4) is 0 Å². The van der Waals surface area contributed by atoms with E-state index in [0.717, 1.165) is 43.6 Å². The maximum Gasteiger partial charge on any atom is 0.217 e. The topological polar surface area (TPSA) is 41.5 Å². The molecule has 0 radical (unpaired) electrons. The van der Waals surface area contributed by atoms with E-state index >= 15 is 0 Å². The molecule has 1 rings (SSSR count). The van der Waals surface area contributed by atoms with E-state index in [0.29, 0.717) is 0 Å². The highest BCUT2D eigenvalue weighted by Crippen LogP contribution is 2.20. The fourth-order valence-corrected chi connectivity index (χ4v) is 3.96. The number of amidine groups is 1. The molecule has 0 saturated carbocycles. The lowest BCUT2D eigenvalue weighted by molar-refractivity contribution is -0.833. The van der Waals surface area contributed by atoms with Crippen LogP contribution in [0.5, 0.6) is 0 Å².